The Hall–Kier alpha value is -3.80. The molecule has 152 valence electrons. The Morgan fingerprint density at radius 1 is 1.00 bits per heavy atom. The van der Waals surface area contributed by atoms with Crippen LogP contribution < -0.4 is 15.4 Å². The van der Waals surface area contributed by atoms with Gasteiger partial charge in [0.05, 0.1) is 18.7 Å². The number of amides is 2. The number of urea groups is 1. The molecular formula is C24H22N2O4. The summed E-state index contributed by atoms with van der Waals surface area (Å²) in [6, 6.07) is 19.9. The highest BCUT2D eigenvalue weighted by molar-refractivity contribution is 5.98. The molecule has 0 aromatic heterocycles. The largest absolute Gasteiger partial charge is 0.496 e. The molecule has 0 bridgehead atoms. The molecule has 3 aromatic rings. The monoisotopic (exact) mass is 402 g/mol. The van der Waals surface area contributed by atoms with E-state index in [2.05, 4.69) is 10.6 Å². The third kappa shape index (κ3) is 3.72. The van der Waals surface area contributed by atoms with Gasteiger partial charge in [0.2, 0.25) is 0 Å². The lowest BCUT2D eigenvalue weighted by Crippen LogP contribution is -2.45. The van der Waals surface area contributed by atoms with Crippen molar-refractivity contribution in [2.24, 2.45) is 0 Å². The van der Waals surface area contributed by atoms with Gasteiger partial charge in [0.15, 0.2) is 0 Å². The minimum absolute atomic E-state index is 0.143. The average Bonchev–Trinajstić information content (AvgIpc) is 2.76. The Morgan fingerprint density at radius 2 is 1.73 bits per heavy atom. The third-order valence-electron chi connectivity index (χ3n) is 5.14. The highest BCUT2D eigenvalue weighted by atomic mass is 16.5. The van der Waals surface area contributed by atoms with Crippen LogP contribution in [0, 0.1) is 0 Å². The molecule has 2 N–H and O–H groups in total. The van der Waals surface area contributed by atoms with Crippen molar-refractivity contribution in [3.8, 4) is 5.75 Å². The fourth-order valence-electron chi connectivity index (χ4n) is 3.73. The second kappa shape index (κ2) is 8.29. The summed E-state index contributed by atoms with van der Waals surface area (Å²) in [4.78, 5) is 25.4. The molecule has 6 nitrogen and oxygen atoms in total. The van der Waals surface area contributed by atoms with E-state index in [-0.39, 0.29) is 12.6 Å². The Balaban J connectivity index is 1.76. The number of ether oxygens (including phenoxy) is 2. The van der Waals surface area contributed by atoms with E-state index in [0.29, 0.717) is 17.0 Å². The summed E-state index contributed by atoms with van der Waals surface area (Å²) in [6.45, 7) is 1.84. The maximum atomic E-state index is 13.1. The third-order valence-corrected chi connectivity index (χ3v) is 5.14. The molecule has 0 saturated carbocycles. The number of rotatable bonds is 5. The van der Waals surface area contributed by atoms with Gasteiger partial charge in [0.25, 0.3) is 0 Å². The van der Waals surface area contributed by atoms with E-state index in [1.807, 2.05) is 66.7 Å². The van der Waals surface area contributed by atoms with Crippen molar-refractivity contribution in [1.82, 2.24) is 10.6 Å². The first-order valence-corrected chi connectivity index (χ1v) is 9.63. The molecule has 0 saturated heterocycles. The normalized spacial score (nSPS) is 16.1. The molecule has 4 rings (SSSR count). The minimum atomic E-state index is -0.705. The van der Waals surface area contributed by atoms with Crippen molar-refractivity contribution < 1.29 is 19.1 Å². The van der Waals surface area contributed by atoms with Crippen LogP contribution in [0.15, 0.2) is 78.0 Å². The zero-order chi connectivity index (χ0) is 21.1. The number of hydrogen-bond donors (Lipinski definition) is 2. The molecule has 30 heavy (non-hydrogen) atoms. The van der Waals surface area contributed by atoms with Crippen LogP contribution in [0.25, 0.3) is 10.8 Å². The Labute approximate surface area is 174 Å². The van der Waals surface area contributed by atoms with Crippen molar-refractivity contribution in [2.75, 3.05) is 7.11 Å². The van der Waals surface area contributed by atoms with Crippen LogP contribution in [-0.2, 0) is 16.1 Å². The van der Waals surface area contributed by atoms with Gasteiger partial charge < -0.3 is 20.1 Å². The van der Waals surface area contributed by atoms with Gasteiger partial charge >= 0.3 is 12.0 Å². The van der Waals surface area contributed by atoms with Crippen molar-refractivity contribution >= 4 is 22.8 Å². The summed E-state index contributed by atoms with van der Waals surface area (Å²) in [5.41, 5.74) is 2.41. The van der Waals surface area contributed by atoms with Crippen LogP contribution in [0.5, 0.6) is 5.75 Å². The van der Waals surface area contributed by atoms with E-state index in [1.54, 1.807) is 14.0 Å². The molecule has 1 aliphatic rings. The van der Waals surface area contributed by atoms with Crippen LogP contribution in [0.1, 0.15) is 24.1 Å². The van der Waals surface area contributed by atoms with Gasteiger partial charge in [-0.1, -0.05) is 60.7 Å². The summed E-state index contributed by atoms with van der Waals surface area (Å²) in [6.07, 6.45) is 0. The van der Waals surface area contributed by atoms with Gasteiger partial charge in [-0.15, -0.1) is 0 Å². The van der Waals surface area contributed by atoms with Gasteiger partial charge in [-0.25, -0.2) is 9.59 Å². The molecule has 1 heterocycles. The number of carbonyl (C=O) groups excluding carboxylic acids is 2. The molecule has 1 aliphatic heterocycles. The van der Waals surface area contributed by atoms with E-state index >= 15 is 0 Å². The maximum Gasteiger partial charge on any atom is 0.338 e. The zero-order valence-electron chi connectivity index (χ0n) is 16.8. The number of allylic oxidation sites excluding steroid dienone is 1. The molecule has 6 heteroatoms. The first kappa shape index (κ1) is 19.5. The number of carbonyl (C=O) groups is 2. The molecule has 0 unspecified atom stereocenters. The second-order valence-corrected chi connectivity index (χ2v) is 7.03. The second-order valence-electron chi connectivity index (χ2n) is 7.03. The van der Waals surface area contributed by atoms with Crippen molar-refractivity contribution in [2.45, 2.75) is 19.6 Å². The van der Waals surface area contributed by atoms with E-state index in [9.17, 15) is 9.59 Å². The molecule has 2 amide bonds. The summed E-state index contributed by atoms with van der Waals surface area (Å²) in [5, 5.41) is 7.43. The van der Waals surface area contributed by atoms with Crippen molar-refractivity contribution in [3.05, 3.63) is 89.1 Å². The lowest BCUT2D eigenvalue weighted by molar-refractivity contribution is -0.140. The highest BCUT2D eigenvalue weighted by Crippen LogP contribution is 2.38. The molecule has 0 spiro atoms. The minimum Gasteiger partial charge on any atom is -0.496 e. The van der Waals surface area contributed by atoms with E-state index in [4.69, 9.17) is 9.47 Å². The van der Waals surface area contributed by atoms with Crippen LogP contribution in [0.4, 0.5) is 4.79 Å². The van der Waals surface area contributed by atoms with Gasteiger partial charge in [-0.2, -0.15) is 0 Å². The Bertz CT molecular complexity index is 1140. The SMILES string of the molecule is COc1ccc2ccccc2c1[C@@H]1NC(=O)NC(C)=C1C(=O)OCc1ccccc1. The lowest BCUT2D eigenvalue weighted by atomic mass is 9.90. The molecule has 3 aromatic carbocycles. The van der Waals surface area contributed by atoms with Crippen LogP contribution in [0.3, 0.4) is 0 Å². The smallest absolute Gasteiger partial charge is 0.338 e. The van der Waals surface area contributed by atoms with Crippen LogP contribution >= 0.6 is 0 Å². The van der Waals surface area contributed by atoms with Gasteiger partial charge in [0, 0.05) is 11.3 Å². The molecule has 1 atom stereocenters. The topological polar surface area (TPSA) is 76.7 Å². The van der Waals surface area contributed by atoms with Crippen molar-refractivity contribution in [3.63, 3.8) is 0 Å². The summed E-state index contributed by atoms with van der Waals surface area (Å²) in [5.74, 6) is 0.0888. The van der Waals surface area contributed by atoms with E-state index in [1.165, 1.54) is 0 Å². The highest BCUT2D eigenvalue weighted by Gasteiger charge is 2.35. The Morgan fingerprint density at radius 3 is 2.50 bits per heavy atom. The van der Waals surface area contributed by atoms with Crippen molar-refractivity contribution in [1.29, 1.82) is 0 Å². The standard InChI is InChI=1S/C24H22N2O4/c1-15-20(23(27)30-14-16-8-4-3-5-9-16)22(26-24(28)25-15)21-18-11-7-6-10-17(18)12-13-19(21)29-2/h3-13,22H,14H2,1-2H3,(H2,25,26,28)/t22-/m1/s1. The summed E-state index contributed by atoms with van der Waals surface area (Å²) in [7, 11) is 1.57. The lowest BCUT2D eigenvalue weighted by Gasteiger charge is -2.30. The molecule has 0 radical (unpaired) electrons. The quantitative estimate of drug-likeness (QED) is 0.627. The number of hydrogen-bond acceptors (Lipinski definition) is 4. The van der Waals surface area contributed by atoms with E-state index in [0.717, 1.165) is 21.9 Å². The van der Waals surface area contributed by atoms with E-state index < -0.39 is 12.0 Å². The first-order valence-electron chi connectivity index (χ1n) is 9.63. The fourth-order valence-corrected chi connectivity index (χ4v) is 3.73. The van der Waals surface area contributed by atoms with Gasteiger partial charge in [-0.3, -0.25) is 0 Å². The Kier molecular flexibility index (Phi) is 5.39. The molecule has 0 fully saturated rings. The fraction of sp³-hybridized carbons (Fsp3) is 0.167. The zero-order valence-corrected chi connectivity index (χ0v) is 16.8. The van der Waals surface area contributed by atoms with Gasteiger partial charge in [0.1, 0.15) is 12.4 Å². The number of methoxy groups -OCH3 is 1. The number of nitrogens with one attached hydrogen (secondary N) is 2. The number of benzene rings is 3. The molecular weight excluding hydrogens is 380 g/mol. The summed E-state index contributed by atoms with van der Waals surface area (Å²) >= 11 is 0. The van der Waals surface area contributed by atoms with Crippen LogP contribution in [-0.4, -0.2) is 19.1 Å². The first-order chi connectivity index (χ1) is 14.6. The predicted molar refractivity (Wildman–Crippen MR) is 114 cm³/mol. The predicted octanol–water partition coefficient (Wildman–Crippen LogP) is 4.22. The maximum absolute atomic E-state index is 13.1. The van der Waals surface area contributed by atoms with Gasteiger partial charge in [-0.05, 0) is 29.3 Å². The summed E-state index contributed by atoms with van der Waals surface area (Å²) < 4.78 is 11.2. The number of esters is 1. The number of fused-ring (bicyclic) bond motifs is 1. The molecule has 0 aliphatic carbocycles. The average molecular weight is 402 g/mol. The van der Waals surface area contributed by atoms with Crippen LogP contribution in [0.2, 0.25) is 0 Å².